The minimum atomic E-state index is -1.37. The first-order valence-corrected chi connectivity index (χ1v) is 6.01. The molecule has 0 atom stereocenters. The molecule has 2 aromatic rings. The van der Waals surface area contributed by atoms with E-state index in [1.807, 2.05) is 0 Å². The number of aromatic nitrogens is 1. The molecule has 6 nitrogen and oxygen atoms in total. The highest BCUT2D eigenvalue weighted by molar-refractivity contribution is 6.14. The zero-order valence-electron chi connectivity index (χ0n) is 10.8. The van der Waals surface area contributed by atoms with E-state index in [-0.39, 0.29) is 11.1 Å². The van der Waals surface area contributed by atoms with E-state index < -0.39 is 47.4 Å². The van der Waals surface area contributed by atoms with Gasteiger partial charge in [0.2, 0.25) is 24.2 Å². The molecule has 112 valence electrons. The van der Waals surface area contributed by atoms with Crippen molar-refractivity contribution in [2.24, 2.45) is 0 Å². The normalized spacial score (nSPS) is 12.3. The summed E-state index contributed by atoms with van der Waals surface area (Å²) in [6.07, 6.45) is 1.22. The van der Waals surface area contributed by atoms with Crippen molar-refractivity contribution < 1.29 is 33.0 Å². The van der Waals surface area contributed by atoms with E-state index in [2.05, 4.69) is 4.98 Å². The quantitative estimate of drug-likeness (QED) is 0.873. The van der Waals surface area contributed by atoms with Gasteiger partial charge in [-0.2, -0.15) is 8.78 Å². The third-order valence-corrected chi connectivity index (χ3v) is 3.04. The first kappa shape index (κ1) is 13.9. The van der Waals surface area contributed by atoms with Crippen LogP contribution in [0.15, 0.2) is 24.4 Å². The van der Waals surface area contributed by atoms with Crippen LogP contribution >= 0.6 is 0 Å². The van der Waals surface area contributed by atoms with Gasteiger partial charge in [-0.15, -0.1) is 0 Å². The van der Waals surface area contributed by atoms with Crippen LogP contribution in [0.3, 0.4) is 0 Å². The summed E-state index contributed by atoms with van der Waals surface area (Å²) in [5.41, 5.74) is -1.11. The summed E-state index contributed by atoms with van der Waals surface area (Å²) in [5, 5.41) is 9.07. The fraction of sp³-hybridized carbons (Fsp3) is 0.0714. The third kappa shape index (κ3) is 2.05. The first-order valence-electron chi connectivity index (χ1n) is 6.01. The number of rotatable bonds is 3. The Morgan fingerprint density at radius 1 is 1.18 bits per heavy atom. The van der Waals surface area contributed by atoms with Gasteiger partial charge >= 0.3 is 5.97 Å². The highest BCUT2D eigenvalue weighted by atomic mass is 19.2. The molecule has 2 aliphatic rings. The van der Waals surface area contributed by atoms with Gasteiger partial charge in [0.05, 0.1) is 11.1 Å². The molecule has 4 rings (SSSR count). The summed E-state index contributed by atoms with van der Waals surface area (Å²) < 4.78 is 37.1. The molecule has 2 aliphatic heterocycles. The summed E-state index contributed by atoms with van der Waals surface area (Å²) in [7, 11) is 0. The van der Waals surface area contributed by atoms with Gasteiger partial charge in [0, 0.05) is 6.20 Å². The largest absolute Gasteiger partial charge is 0.478 e. The molecule has 3 heterocycles. The predicted molar refractivity (Wildman–Crippen MR) is 67.1 cm³/mol. The van der Waals surface area contributed by atoms with Crippen LogP contribution in [0.25, 0.3) is 0 Å². The molecule has 0 unspecified atom stereocenters. The molecular weight excluding hydrogens is 300 g/mol. The molecule has 0 aliphatic carbocycles. The monoisotopic (exact) mass is 307 g/mol. The van der Waals surface area contributed by atoms with Crippen molar-refractivity contribution in [2.45, 2.75) is 0 Å². The lowest BCUT2D eigenvalue weighted by atomic mass is 10.0. The Morgan fingerprint density at radius 3 is 2.68 bits per heavy atom. The van der Waals surface area contributed by atoms with E-state index in [0.717, 1.165) is 6.07 Å². The molecule has 1 aromatic carbocycles. The smallest absolute Gasteiger partial charge is 0.338 e. The average Bonchev–Trinajstić information content (AvgIpc) is 2.81. The van der Waals surface area contributed by atoms with E-state index in [0.29, 0.717) is 0 Å². The maximum absolute atomic E-state index is 13.8. The molecule has 8 heteroatoms. The maximum Gasteiger partial charge on any atom is 0.338 e. The van der Waals surface area contributed by atoms with Gasteiger partial charge in [0.15, 0.2) is 11.5 Å². The van der Waals surface area contributed by atoms with Crippen molar-refractivity contribution in [3.63, 3.8) is 0 Å². The Bertz CT molecular complexity index is 806. The number of ether oxygens (including phenoxy) is 2. The Morgan fingerprint density at radius 2 is 1.95 bits per heavy atom. The molecule has 0 amide bonds. The number of fused-ring (bicyclic) bond motifs is 4. The number of ketones is 1. The number of carbonyl (C=O) groups is 2. The van der Waals surface area contributed by atoms with Gasteiger partial charge in [0.25, 0.3) is 0 Å². The number of hydrogen-bond acceptors (Lipinski definition) is 5. The maximum atomic E-state index is 13.8. The van der Waals surface area contributed by atoms with Gasteiger partial charge in [-0.25, -0.2) is 4.79 Å². The van der Waals surface area contributed by atoms with Crippen LogP contribution in [0.2, 0.25) is 0 Å². The van der Waals surface area contributed by atoms with E-state index in [9.17, 15) is 18.4 Å². The molecule has 22 heavy (non-hydrogen) atoms. The molecule has 0 saturated heterocycles. The highest BCUT2D eigenvalue weighted by Gasteiger charge is 2.30. The van der Waals surface area contributed by atoms with E-state index >= 15 is 0 Å². The zero-order chi connectivity index (χ0) is 15.9. The van der Waals surface area contributed by atoms with Gasteiger partial charge < -0.3 is 14.6 Å². The van der Waals surface area contributed by atoms with Crippen LogP contribution < -0.4 is 9.47 Å². The molecule has 0 spiro atoms. The van der Waals surface area contributed by atoms with Crippen molar-refractivity contribution in [3.05, 3.63) is 52.9 Å². The van der Waals surface area contributed by atoms with E-state index in [1.54, 1.807) is 0 Å². The molecule has 0 radical (unpaired) electrons. The highest BCUT2D eigenvalue weighted by Crippen LogP contribution is 2.36. The van der Waals surface area contributed by atoms with Crippen LogP contribution in [0.4, 0.5) is 8.78 Å². The number of nitrogens with zero attached hydrogens (tertiary/aromatic N) is 1. The second-order valence-corrected chi connectivity index (χ2v) is 4.32. The van der Waals surface area contributed by atoms with Crippen molar-refractivity contribution >= 4 is 11.8 Å². The van der Waals surface area contributed by atoms with Crippen LogP contribution in [-0.2, 0) is 0 Å². The number of hydrogen-bond donors (Lipinski definition) is 1. The number of carboxylic acids is 1. The van der Waals surface area contributed by atoms with Crippen LogP contribution in [-0.4, -0.2) is 28.6 Å². The minimum Gasteiger partial charge on any atom is -0.478 e. The van der Waals surface area contributed by atoms with Crippen molar-refractivity contribution in [1.29, 1.82) is 0 Å². The molecule has 0 saturated carbocycles. The van der Waals surface area contributed by atoms with Gasteiger partial charge in [-0.05, 0) is 18.2 Å². The zero-order valence-corrected chi connectivity index (χ0v) is 10.8. The predicted octanol–water partition coefficient (Wildman–Crippen LogP) is 2.02. The molecule has 1 N–H and O–H groups in total. The second kappa shape index (κ2) is 5.06. The summed E-state index contributed by atoms with van der Waals surface area (Å²) in [6.45, 7) is -0.465. The fourth-order valence-electron chi connectivity index (χ4n) is 2.04. The number of pyridine rings is 1. The van der Waals surface area contributed by atoms with Gasteiger partial charge in [-0.1, -0.05) is 0 Å². The lowest BCUT2D eigenvalue weighted by molar-refractivity contribution is 0.0691. The standard InChI is InChI=1S/C14H7F2NO5/c15-9-8-4-7(13(10(9)16)22-5-21-8)12(18)11-6(14(19)20)2-1-3-17-11/h1-4H,5H2,(H,19,20). The molecule has 0 fully saturated rings. The Hall–Kier alpha value is -3.03. The number of aromatic carboxylic acids is 1. The van der Waals surface area contributed by atoms with E-state index in [1.165, 1.54) is 18.3 Å². The van der Waals surface area contributed by atoms with Crippen molar-refractivity contribution in [2.75, 3.05) is 6.79 Å². The fourth-order valence-corrected chi connectivity index (χ4v) is 2.04. The number of carboxylic acid groups (broad SMARTS) is 1. The van der Waals surface area contributed by atoms with Gasteiger partial charge in [-0.3, -0.25) is 9.78 Å². The van der Waals surface area contributed by atoms with Crippen LogP contribution in [0.1, 0.15) is 26.4 Å². The van der Waals surface area contributed by atoms with E-state index in [4.69, 9.17) is 14.6 Å². The van der Waals surface area contributed by atoms with Crippen LogP contribution in [0.5, 0.6) is 11.5 Å². The number of carbonyl (C=O) groups excluding carboxylic acids is 1. The number of benzene rings is 1. The third-order valence-electron chi connectivity index (χ3n) is 3.04. The SMILES string of the molecule is O=C(O)c1cccnc1C(=O)c1cc2c(F)c(F)c1OCO2. The number of halogens is 2. The van der Waals surface area contributed by atoms with Crippen molar-refractivity contribution in [3.8, 4) is 11.5 Å². The molecule has 2 bridgehead atoms. The average molecular weight is 307 g/mol. The summed E-state index contributed by atoms with van der Waals surface area (Å²) in [6, 6.07) is 3.49. The topological polar surface area (TPSA) is 85.7 Å². The Labute approximate surface area is 121 Å². The Balaban J connectivity index is 2.18. The minimum absolute atomic E-state index is 0.354. The molecule has 1 aromatic heterocycles. The van der Waals surface area contributed by atoms with Crippen LogP contribution in [0, 0.1) is 11.6 Å². The first-order chi connectivity index (χ1) is 10.5. The summed E-state index contributed by atoms with van der Waals surface area (Å²) in [5.74, 6) is -6.04. The summed E-state index contributed by atoms with van der Waals surface area (Å²) in [4.78, 5) is 27.3. The summed E-state index contributed by atoms with van der Waals surface area (Å²) >= 11 is 0. The van der Waals surface area contributed by atoms with Gasteiger partial charge in [0.1, 0.15) is 5.69 Å². The van der Waals surface area contributed by atoms with Crippen molar-refractivity contribution in [1.82, 2.24) is 4.98 Å². The second-order valence-electron chi connectivity index (χ2n) is 4.32. The lowest BCUT2D eigenvalue weighted by Gasteiger charge is -2.08. The molecular formula is C14H7F2NO5. The lowest BCUT2D eigenvalue weighted by Crippen LogP contribution is -2.13. The Kier molecular flexibility index (Phi) is 3.21.